The Balaban J connectivity index is 2.20. The van der Waals surface area contributed by atoms with Crippen LogP contribution in [0.25, 0.3) is 11.0 Å². The summed E-state index contributed by atoms with van der Waals surface area (Å²) in [5.74, 6) is 0.979. The number of likely N-dealkylation sites (N-methyl/N-ethyl adjacent to an activating group) is 1. The van der Waals surface area contributed by atoms with E-state index in [2.05, 4.69) is 18.7 Å². The number of hydrogen-bond donors (Lipinski definition) is 1. The van der Waals surface area contributed by atoms with Crippen LogP contribution in [0.1, 0.15) is 19.4 Å². The summed E-state index contributed by atoms with van der Waals surface area (Å²) in [6.45, 7) is 8.42. The maximum Gasteiger partial charge on any atom is 0.336 e. The van der Waals surface area contributed by atoms with Gasteiger partial charge in [0.1, 0.15) is 18.3 Å². The number of aryl methyl sites for hydroxylation is 1. The Labute approximate surface area is 141 Å². The number of hydrogen-bond acceptors (Lipinski definition) is 6. The van der Waals surface area contributed by atoms with E-state index in [1.54, 1.807) is 12.1 Å². The van der Waals surface area contributed by atoms with Crippen LogP contribution < -0.4 is 15.1 Å². The lowest BCUT2D eigenvalue weighted by Gasteiger charge is -2.22. The number of nitrogens with zero attached hydrogens (tertiary/aromatic N) is 1. The SMILES string of the molecule is CCN(CC)CC(O)COc1cc2c(C)cc(=O)oc2cc1OC. The minimum atomic E-state index is -0.597. The van der Waals surface area contributed by atoms with Crippen molar-refractivity contribution in [2.24, 2.45) is 0 Å². The van der Waals surface area contributed by atoms with Crippen LogP contribution >= 0.6 is 0 Å². The van der Waals surface area contributed by atoms with Gasteiger partial charge in [0, 0.05) is 24.1 Å². The Morgan fingerprint density at radius 3 is 2.54 bits per heavy atom. The minimum Gasteiger partial charge on any atom is -0.493 e. The van der Waals surface area contributed by atoms with Gasteiger partial charge in [-0.2, -0.15) is 0 Å². The van der Waals surface area contributed by atoms with Crippen molar-refractivity contribution in [1.29, 1.82) is 0 Å². The predicted molar refractivity (Wildman–Crippen MR) is 93.1 cm³/mol. The van der Waals surface area contributed by atoms with E-state index in [1.165, 1.54) is 13.2 Å². The van der Waals surface area contributed by atoms with E-state index in [4.69, 9.17) is 13.9 Å². The zero-order valence-electron chi connectivity index (χ0n) is 14.7. The normalized spacial score (nSPS) is 12.6. The average molecular weight is 335 g/mol. The highest BCUT2D eigenvalue weighted by molar-refractivity contribution is 5.83. The van der Waals surface area contributed by atoms with Crippen molar-refractivity contribution in [3.05, 3.63) is 34.2 Å². The van der Waals surface area contributed by atoms with Gasteiger partial charge in [-0.05, 0) is 31.6 Å². The summed E-state index contributed by atoms with van der Waals surface area (Å²) in [4.78, 5) is 13.6. The molecule has 1 aromatic heterocycles. The molecular formula is C18H25NO5. The number of methoxy groups -OCH3 is 1. The van der Waals surface area contributed by atoms with E-state index in [-0.39, 0.29) is 6.61 Å². The molecule has 0 spiro atoms. The Kier molecular flexibility index (Phi) is 6.23. The molecule has 2 aromatic rings. The van der Waals surface area contributed by atoms with Crippen molar-refractivity contribution in [1.82, 2.24) is 4.90 Å². The third kappa shape index (κ3) is 4.27. The zero-order valence-corrected chi connectivity index (χ0v) is 14.7. The fourth-order valence-corrected chi connectivity index (χ4v) is 2.62. The Bertz CT molecular complexity index is 736. The van der Waals surface area contributed by atoms with Crippen LogP contribution in [0.5, 0.6) is 11.5 Å². The summed E-state index contributed by atoms with van der Waals surface area (Å²) >= 11 is 0. The van der Waals surface area contributed by atoms with Gasteiger partial charge < -0.3 is 23.9 Å². The first-order chi connectivity index (χ1) is 11.5. The van der Waals surface area contributed by atoms with Crippen LogP contribution in [0.15, 0.2) is 27.4 Å². The molecule has 0 radical (unpaired) electrons. The van der Waals surface area contributed by atoms with Crippen LogP contribution in [-0.4, -0.2) is 49.5 Å². The fourth-order valence-electron chi connectivity index (χ4n) is 2.62. The second-order valence-electron chi connectivity index (χ2n) is 5.70. The first-order valence-corrected chi connectivity index (χ1v) is 8.14. The minimum absolute atomic E-state index is 0.161. The summed E-state index contributed by atoms with van der Waals surface area (Å²) in [6, 6.07) is 4.85. The van der Waals surface area contributed by atoms with Gasteiger partial charge in [-0.25, -0.2) is 4.79 Å². The first-order valence-electron chi connectivity index (χ1n) is 8.14. The molecule has 0 amide bonds. The number of fused-ring (bicyclic) bond motifs is 1. The predicted octanol–water partition coefficient (Wildman–Crippen LogP) is 2.19. The molecule has 0 fully saturated rings. The monoisotopic (exact) mass is 335 g/mol. The quantitative estimate of drug-likeness (QED) is 0.746. The van der Waals surface area contributed by atoms with Gasteiger partial charge in [0.25, 0.3) is 0 Å². The van der Waals surface area contributed by atoms with Gasteiger partial charge in [0.05, 0.1) is 7.11 Å². The van der Waals surface area contributed by atoms with Crippen LogP contribution in [0.3, 0.4) is 0 Å². The molecule has 1 N–H and O–H groups in total. The van der Waals surface area contributed by atoms with Gasteiger partial charge in [-0.1, -0.05) is 13.8 Å². The zero-order chi connectivity index (χ0) is 17.7. The van der Waals surface area contributed by atoms with Crippen molar-refractivity contribution in [3.8, 4) is 11.5 Å². The number of ether oxygens (including phenoxy) is 2. The lowest BCUT2D eigenvalue weighted by molar-refractivity contribution is 0.0706. The summed E-state index contributed by atoms with van der Waals surface area (Å²) < 4.78 is 16.3. The van der Waals surface area contributed by atoms with E-state index in [0.717, 1.165) is 24.0 Å². The van der Waals surface area contributed by atoms with Crippen molar-refractivity contribution in [2.75, 3.05) is 33.4 Å². The molecule has 0 saturated heterocycles. The second-order valence-corrected chi connectivity index (χ2v) is 5.70. The summed E-state index contributed by atoms with van der Waals surface area (Å²) in [5.41, 5.74) is 0.857. The van der Waals surface area contributed by atoms with Crippen LogP contribution in [-0.2, 0) is 0 Å². The van der Waals surface area contributed by atoms with E-state index in [1.807, 2.05) is 6.92 Å². The lowest BCUT2D eigenvalue weighted by Crippen LogP contribution is -2.35. The Morgan fingerprint density at radius 2 is 1.92 bits per heavy atom. The summed E-state index contributed by atoms with van der Waals surface area (Å²) in [5, 5.41) is 10.9. The highest BCUT2D eigenvalue weighted by atomic mass is 16.5. The van der Waals surface area contributed by atoms with Crippen LogP contribution in [0.2, 0.25) is 0 Å². The molecule has 132 valence electrons. The molecule has 1 unspecified atom stereocenters. The third-order valence-electron chi connectivity index (χ3n) is 4.03. The largest absolute Gasteiger partial charge is 0.493 e. The molecule has 6 heteroatoms. The standard InChI is InChI=1S/C18H25NO5/c1-5-19(6-2)10-13(20)11-23-17-8-14-12(3)7-18(21)24-15(14)9-16(17)22-4/h7-9,13,20H,5-6,10-11H2,1-4H3. The molecular weight excluding hydrogens is 310 g/mol. The topological polar surface area (TPSA) is 72.1 Å². The smallest absolute Gasteiger partial charge is 0.336 e. The van der Waals surface area contributed by atoms with Gasteiger partial charge in [-0.3, -0.25) is 0 Å². The molecule has 0 aliphatic rings. The van der Waals surface area contributed by atoms with E-state index >= 15 is 0 Å². The molecule has 1 atom stereocenters. The first kappa shape index (κ1) is 18.3. The highest BCUT2D eigenvalue weighted by Crippen LogP contribution is 2.33. The molecule has 24 heavy (non-hydrogen) atoms. The number of aliphatic hydroxyl groups excluding tert-OH is 1. The number of aliphatic hydroxyl groups is 1. The lowest BCUT2D eigenvalue weighted by atomic mass is 10.1. The average Bonchev–Trinajstić information content (AvgIpc) is 2.57. The Hall–Kier alpha value is -2.05. The number of rotatable bonds is 8. The highest BCUT2D eigenvalue weighted by Gasteiger charge is 2.14. The van der Waals surface area contributed by atoms with Crippen molar-refractivity contribution in [2.45, 2.75) is 26.9 Å². The second kappa shape index (κ2) is 8.17. The molecule has 0 bridgehead atoms. The molecule has 1 heterocycles. The number of benzene rings is 1. The molecule has 2 rings (SSSR count). The van der Waals surface area contributed by atoms with E-state index in [0.29, 0.717) is 23.6 Å². The Morgan fingerprint density at radius 1 is 1.21 bits per heavy atom. The maximum atomic E-state index is 11.5. The third-order valence-corrected chi connectivity index (χ3v) is 4.03. The van der Waals surface area contributed by atoms with Crippen molar-refractivity contribution < 1.29 is 19.0 Å². The molecule has 0 aliphatic carbocycles. The summed E-state index contributed by atoms with van der Waals surface area (Å²) in [7, 11) is 1.52. The fraction of sp³-hybridized carbons (Fsp3) is 0.500. The maximum absolute atomic E-state index is 11.5. The van der Waals surface area contributed by atoms with Crippen LogP contribution in [0.4, 0.5) is 0 Å². The molecule has 0 aliphatic heterocycles. The van der Waals surface area contributed by atoms with E-state index < -0.39 is 11.7 Å². The molecule has 0 saturated carbocycles. The van der Waals surface area contributed by atoms with Gasteiger partial charge in [0.15, 0.2) is 11.5 Å². The van der Waals surface area contributed by atoms with Crippen molar-refractivity contribution in [3.63, 3.8) is 0 Å². The van der Waals surface area contributed by atoms with E-state index in [9.17, 15) is 9.90 Å². The van der Waals surface area contributed by atoms with Gasteiger partial charge in [-0.15, -0.1) is 0 Å². The van der Waals surface area contributed by atoms with Gasteiger partial charge in [0.2, 0.25) is 0 Å². The van der Waals surface area contributed by atoms with Gasteiger partial charge >= 0.3 is 5.63 Å². The molecule has 6 nitrogen and oxygen atoms in total. The molecule has 1 aromatic carbocycles. The van der Waals surface area contributed by atoms with Crippen LogP contribution in [0, 0.1) is 6.92 Å². The summed E-state index contributed by atoms with van der Waals surface area (Å²) in [6.07, 6.45) is -0.597. The van der Waals surface area contributed by atoms with Crippen molar-refractivity contribution >= 4 is 11.0 Å².